The van der Waals surface area contributed by atoms with Crippen LogP contribution in [-0.4, -0.2) is 4.98 Å². The van der Waals surface area contributed by atoms with Crippen LogP contribution in [0, 0.1) is 0 Å². The largest absolute Gasteiger partial charge is 0.456 e. The fourth-order valence-electron chi connectivity index (χ4n) is 8.50. The van der Waals surface area contributed by atoms with Gasteiger partial charge in [-0.2, -0.15) is 0 Å². The van der Waals surface area contributed by atoms with Crippen LogP contribution in [0.15, 0.2) is 191 Å². The molecule has 0 fully saturated rings. The number of benzene rings is 9. The topological polar surface area (TPSA) is 42.4 Å². The molecule has 0 bridgehead atoms. The molecule has 0 amide bonds. The van der Waals surface area contributed by atoms with E-state index < -0.39 is 0 Å². The van der Waals surface area contributed by atoms with Crippen molar-refractivity contribution in [1.29, 1.82) is 0 Å². The zero-order valence-electron chi connectivity index (χ0n) is 29.9. The number of fused-ring (bicyclic) bond motifs is 10. The van der Waals surface area contributed by atoms with Crippen LogP contribution in [0.25, 0.3) is 97.3 Å². The Morgan fingerprint density at radius 2 is 1.09 bits per heavy atom. The molecule has 12 aromatic rings. The lowest BCUT2D eigenvalue weighted by Crippen LogP contribution is -2.09. The average molecular weight is 735 g/mol. The molecule has 12 rings (SSSR count). The lowest BCUT2D eigenvalue weighted by Gasteiger charge is -2.26. The van der Waals surface area contributed by atoms with Crippen LogP contribution in [-0.2, 0) is 0 Å². The summed E-state index contributed by atoms with van der Waals surface area (Å²) in [4.78, 5) is 7.46. The summed E-state index contributed by atoms with van der Waals surface area (Å²) in [5.41, 5.74) is 10.0. The number of para-hydroxylation sites is 1. The number of anilines is 3. The standard InChI is InChI=1S/C51H30N2O2S/c1-3-15-37-31(10-1)12-8-18-38(37)33-13-7-14-34(28-33)53(35-24-27-45-43(29-35)40-17-5-6-20-44(40)54-45)36-23-25-41-48(30-36)56-47-21-9-19-42(49(41)47)51-52-50-39-16-4-2-11-32(39)22-26-46(50)55-51/h1-30H. The van der Waals surface area contributed by atoms with Gasteiger partial charge in [-0.3, -0.25) is 0 Å². The number of hydrogen-bond acceptors (Lipinski definition) is 5. The molecule has 3 aromatic heterocycles. The molecule has 5 heteroatoms. The van der Waals surface area contributed by atoms with Crippen molar-refractivity contribution in [2.75, 3.05) is 4.90 Å². The molecule has 0 atom stereocenters. The average Bonchev–Trinajstić information content (AvgIpc) is 3.97. The Bertz CT molecular complexity index is 3510. The SMILES string of the molecule is c1cc(-c2cccc3ccccc23)cc(N(c2ccc3c(c2)sc2cccc(-c4nc5c(ccc6ccccc65)o4)c23)c2ccc3oc4ccccc4c3c2)c1. The van der Waals surface area contributed by atoms with Crippen molar-refractivity contribution in [2.45, 2.75) is 0 Å². The Balaban J connectivity index is 1.05. The van der Waals surface area contributed by atoms with E-state index in [1.807, 2.05) is 18.2 Å². The fraction of sp³-hybridized carbons (Fsp3) is 0. The Morgan fingerprint density at radius 1 is 0.411 bits per heavy atom. The van der Waals surface area contributed by atoms with Crippen LogP contribution < -0.4 is 4.90 Å². The maximum absolute atomic E-state index is 6.48. The van der Waals surface area contributed by atoms with E-state index in [2.05, 4.69) is 169 Å². The monoisotopic (exact) mass is 734 g/mol. The molecule has 0 radical (unpaired) electrons. The smallest absolute Gasteiger partial charge is 0.228 e. The van der Waals surface area contributed by atoms with Crippen LogP contribution in [0.4, 0.5) is 17.1 Å². The summed E-state index contributed by atoms with van der Waals surface area (Å²) in [6.07, 6.45) is 0. The first-order chi connectivity index (χ1) is 27.7. The zero-order chi connectivity index (χ0) is 36.7. The normalized spacial score (nSPS) is 11.9. The molecular formula is C51H30N2O2S. The summed E-state index contributed by atoms with van der Waals surface area (Å²) in [5.74, 6) is 0.637. The second-order valence-electron chi connectivity index (χ2n) is 14.3. The van der Waals surface area contributed by atoms with Crippen molar-refractivity contribution < 1.29 is 8.83 Å². The van der Waals surface area contributed by atoms with Crippen molar-refractivity contribution in [1.82, 2.24) is 4.98 Å². The minimum absolute atomic E-state index is 0.637. The lowest BCUT2D eigenvalue weighted by molar-refractivity contribution is 0.621. The molecule has 0 saturated heterocycles. The maximum atomic E-state index is 6.48. The predicted molar refractivity (Wildman–Crippen MR) is 235 cm³/mol. The molecule has 9 aromatic carbocycles. The number of aromatic nitrogens is 1. The number of furan rings is 1. The van der Waals surface area contributed by atoms with Crippen LogP contribution in [0.1, 0.15) is 0 Å². The lowest BCUT2D eigenvalue weighted by atomic mass is 9.97. The van der Waals surface area contributed by atoms with E-state index in [1.165, 1.54) is 31.1 Å². The van der Waals surface area contributed by atoms with Crippen molar-refractivity contribution in [3.8, 4) is 22.6 Å². The van der Waals surface area contributed by atoms with Gasteiger partial charge in [-0.05, 0) is 94.0 Å². The first kappa shape index (κ1) is 31.2. The summed E-state index contributed by atoms with van der Waals surface area (Å²) in [5, 5.41) is 9.24. The highest BCUT2D eigenvalue weighted by Crippen LogP contribution is 2.45. The van der Waals surface area contributed by atoms with E-state index in [-0.39, 0.29) is 0 Å². The Labute approximate surface area is 325 Å². The van der Waals surface area contributed by atoms with Crippen LogP contribution in [0.3, 0.4) is 0 Å². The highest BCUT2D eigenvalue weighted by molar-refractivity contribution is 7.26. The van der Waals surface area contributed by atoms with Gasteiger partial charge in [0.2, 0.25) is 5.89 Å². The third-order valence-electron chi connectivity index (χ3n) is 11.1. The Hall–Kier alpha value is -7.21. The molecule has 0 saturated carbocycles. The van der Waals surface area contributed by atoms with Crippen molar-refractivity contribution in [2.24, 2.45) is 0 Å². The van der Waals surface area contributed by atoms with Gasteiger partial charge in [-0.1, -0.05) is 115 Å². The number of nitrogens with zero attached hydrogens (tertiary/aromatic N) is 2. The van der Waals surface area contributed by atoms with E-state index in [0.717, 1.165) is 77.4 Å². The van der Waals surface area contributed by atoms with Gasteiger partial charge >= 0.3 is 0 Å². The molecule has 0 aliphatic carbocycles. The van der Waals surface area contributed by atoms with E-state index >= 15 is 0 Å². The van der Waals surface area contributed by atoms with Gasteiger partial charge in [-0.25, -0.2) is 4.98 Å². The molecular weight excluding hydrogens is 705 g/mol. The third-order valence-corrected chi connectivity index (χ3v) is 12.2. The van der Waals surface area contributed by atoms with Gasteiger partial charge in [0.15, 0.2) is 5.58 Å². The van der Waals surface area contributed by atoms with Gasteiger partial charge in [0, 0.05) is 59.0 Å². The Kier molecular flexibility index (Phi) is 6.76. The van der Waals surface area contributed by atoms with Gasteiger partial charge < -0.3 is 13.7 Å². The first-order valence-corrected chi connectivity index (χ1v) is 19.6. The second-order valence-corrected chi connectivity index (χ2v) is 15.4. The summed E-state index contributed by atoms with van der Waals surface area (Å²) in [7, 11) is 0. The molecule has 3 heterocycles. The summed E-state index contributed by atoms with van der Waals surface area (Å²) < 4.78 is 15.1. The maximum Gasteiger partial charge on any atom is 0.228 e. The summed E-state index contributed by atoms with van der Waals surface area (Å²) >= 11 is 1.80. The zero-order valence-corrected chi connectivity index (χ0v) is 30.8. The number of oxazole rings is 1. The quantitative estimate of drug-likeness (QED) is 0.177. The highest BCUT2D eigenvalue weighted by atomic mass is 32.1. The molecule has 0 aliphatic rings. The minimum Gasteiger partial charge on any atom is -0.456 e. The molecule has 262 valence electrons. The van der Waals surface area contributed by atoms with E-state index in [0.29, 0.717) is 5.89 Å². The third kappa shape index (κ3) is 4.81. The highest BCUT2D eigenvalue weighted by Gasteiger charge is 2.20. The summed E-state index contributed by atoms with van der Waals surface area (Å²) in [6.45, 7) is 0. The number of thiophene rings is 1. The van der Waals surface area contributed by atoms with Crippen molar-refractivity contribution in [3.63, 3.8) is 0 Å². The van der Waals surface area contributed by atoms with Gasteiger partial charge in [-0.15, -0.1) is 11.3 Å². The Morgan fingerprint density at radius 3 is 2.02 bits per heavy atom. The predicted octanol–water partition coefficient (Wildman–Crippen LogP) is 15.2. The second kappa shape index (κ2) is 12.2. The molecule has 0 unspecified atom stereocenters. The van der Waals surface area contributed by atoms with Crippen LogP contribution in [0.2, 0.25) is 0 Å². The first-order valence-electron chi connectivity index (χ1n) is 18.8. The molecule has 56 heavy (non-hydrogen) atoms. The molecule has 0 N–H and O–H groups in total. The van der Waals surface area contributed by atoms with Gasteiger partial charge in [0.1, 0.15) is 16.7 Å². The number of rotatable bonds is 5. The van der Waals surface area contributed by atoms with Crippen LogP contribution >= 0.6 is 11.3 Å². The van der Waals surface area contributed by atoms with Crippen molar-refractivity contribution >= 4 is 103 Å². The van der Waals surface area contributed by atoms with Gasteiger partial charge in [0.25, 0.3) is 0 Å². The molecule has 0 spiro atoms. The number of hydrogen-bond donors (Lipinski definition) is 0. The van der Waals surface area contributed by atoms with E-state index in [1.54, 1.807) is 11.3 Å². The van der Waals surface area contributed by atoms with Crippen LogP contribution in [0.5, 0.6) is 0 Å². The fourth-order valence-corrected chi connectivity index (χ4v) is 9.66. The van der Waals surface area contributed by atoms with E-state index in [4.69, 9.17) is 13.8 Å². The van der Waals surface area contributed by atoms with Gasteiger partial charge in [0.05, 0.1) is 0 Å². The minimum atomic E-state index is 0.637. The molecule has 4 nitrogen and oxygen atoms in total. The summed E-state index contributed by atoms with van der Waals surface area (Å²) in [6, 6.07) is 64.6. The molecule has 0 aliphatic heterocycles. The van der Waals surface area contributed by atoms with E-state index in [9.17, 15) is 0 Å². The van der Waals surface area contributed by atoms with Crippen molar-refractivity contribution in [3.05, 3.63) is 182 Å².